The van der Waals surface area contributed by atoms with E-state index in [1.807, 2.05) is 0 Å². The van der Waals surface area contributed by atoms with Crippen LogP contribution in [0.25, 0.3) is 0 Å². The van der Waals surface area contributed by atoms with Crippen molar-refractivity contribution in [2.45, 2.75) is 45.3 Å². The molecule has 0 aromatic carbocycles. The molecule has 24 heavy (non-hydrogen) atoms. The quantitative estimate of drug-likeness (QED) is 0.812. The van der Waals surface area contributed by atoms with Gasteiger partial charge in [0.15, 0.2) is 0 Å². The van der Waals surface area contributed by atoms with Crippen LogP contribution in [0.3, 0.4) is 0 Å². The Labute approximate surface area is 146 Å². The first-order valence-electron chi connectivity index (χ1n) is 7.88. The summed E-state index contributed by atoms with van der Waals surface area (Å²) in [6.07, 6.45) is 0.984. The van der Waals surface area contributed by atoms with E-state index in [1.165, 1.54) is 17.0 Å². The van der Waals surface area contributed by atoms with E-state index in [-0.39, 0.29) is 22.6 Å². The molecule has 0 spiro atoms. The summed E-state index contributed by atoms with van der Waals surface area (Å²) in [6.45, 7) is 6.96. The van der Waals surface area contributed by atoms with Crippen molar-refractivity contribution in [2.24, 2.45) is 5.73 Å². The van der Waals surface area contributed by atoms with Crippen LogP contribution in [0, 0.1) is 0 Å². The van der Waals surface area contributed by atoms with E-state index in [4.69, 9.17) is 22.1 Å². The number of pyridine rings is 1. The summed E-state index contributed by atoms with van der Waals surface area (Å²) in [5.74, 6) is -0.354. The van der Waals surface area contributed by atoms with Crippen LogP contribution in [-0.4, -0.2) is 41.7 Å². The van der Waals surface area contributed by atoms with Crippen molar-refractivity contribution in [1.29, 1.82) is 0 Å². The smallest absolute Gasteiger partial charge is 0.416 e. The predicted molar refractivity (Wildman–Crippen MR) is 92.4 cm³/mol. The number of carbonyl (C=O) groups is 2. The molecule has 1 aromatic rings. The van der Waals surface area contributed by atoms with Gasteiger partial charge in [-0.2, -0.15) is 0 Å². The molecule has 1 aliphatic heterocycles. The number of anilines is 1. The zero-order valence-electron chi connectivity index (χ0n) is 14.1. The molecule has 2 rings (SSSR count). The number of rotatable bonds is 3. The number of aromatic nitrogens is 1. The fourth-order valence-corrected chi connectivity index (χ4v) is 2.76. The normalized spacial score (nSPS) is 15.8. The molecule has 0 aliphatic carbocycles. The van der Waals surface area contributed by atoms with Gasteiger partial charge in [0, 0.05) is 11.6 Å². The van der Waals surface area contributed by atoms with E-state index >= 15 is 0 Å². The molecule has 1 aromatic heterocycles. The first-order chi connectivity index (χ1) is 11.2. The summed E-state index contributed by atoms with van der Waals surface area (Å²) in [7, 11) is 0. The van der Waals surface area contributed by atoms with Crippen molar-refractivity contribution < 1.29 is 14.3 Å². The van der Waals surface area contributed by atoms with Crippen molar-refractivity contribution in [1.82, 2.24) is 10.3 Å². The van der Waals surface area contributed by atoms with Gasteiger partial charge in [-0.1, -0.05) is 11.6 Å². The summed E-state index contributed by atoms with van der Waals surface area (Å²) in [6, 6.07) is 2.76. The first kappa shape index (κ1) is 18.5. The molecule has 8 heteroatoms. The number of amides is 2. The molecular formula is C16H23ClN4O3. The van der Waals surface area contributed by atoms with Crippen LogP contribution in [0.15, 0.2) is 12.1 Å². The molecular weight excluding hydrogens is 332 g/mol. The number of ether oxygens (including phenoxy) is 1. The van der Waals surface area contributed by atoms with E-state index in [2.05, 4.69) is 10.3 Å². The van der Waals surface area contributed by atoms with E-state index in [0.717, 1.165) is 25.9 Å². The van der Waals surface area contributed by atoms with E-state index in [9.17, 15) is 9.59 Å². The number of nitrogens with two attached hydrogens (primary N) is 1. The Balaban J connectivity index is 2.41. The molecule has 3 N–H and O–H groups in total. The van der Waals surface area contributed by atoms with Gasteiger partial charge in [-0.25, -0.2) is 9.78 Å². The monoisotopic (exact) mass is 354 g/mol. The molecule has 132 valence electrons. The Morgan fingerprint density at radius 3 is 2.50 bits per heavy atom. The minimum Gasteiger partial charge on any atom is -0.443 e. The third-order valence-electron chi connectivity index (χ3n) is 3.58. The SMILES string of the molecule is CC(C)(C)OC(=O)N(c1cc(C(N)=O)cc(Cl)n1)C1CCNCC1. The summed E-state index contributed by atoms with van der Waals surface area (Å²) in [5, 5.41) is 3.35. The van der Waals surface area contributed by atoms with Gasteiger partial charge in [0.05, 0.1) is 0 Å². The van der Waals surface area contributed by atoms with Crippen molar-refractivity contribution in [3.05, 3.63) is 22.8 Å². The van der Waals surface area contributed by atoms with Gasteiger partial charge < -0.3 is 15.8 Å². The Bertz CT molecular complexity index is 624. The van der Waals surface area contributed by atoms with Gasteiger partial charge in [-0.3, -0.25) is 9.69 Å². The average Bonchev–Trinajstić information content (AvgIpc) is 2.46. The van der Waals surface area contributed by atoms with Crippen molar-refractivity contribution >= 4 is 29.4 Å². The molecule has 1 saturated heterocycles. The van der Waals surface area contributed by atoms with Gasteiger partial charge in [-0.05, 0) is 58.8 Å². The van der Waals surface area contributed by atoms with E-state index in [1.54, 1.807) is 20.8 Å². The summed E-state index contributed by atoms with van der Waals surface area (Å²) < 4.78 is 5.52. The van der Waals surface area contributed by atoms with Gasteiger partial charge in [0.2, 0.25) is 5.91 Å². The van der Waals surface area contributed by atoms with E-state index < -0.39 is 17.6 Å². The standard InChI is InChI=1S/C16H23ClN4O3/c1-16(2,3)24-15(23)21(11-4-6-19-7-5-11)13-9-10(14(18)22)8-12(17)20-13/h8-9,11,19H,4-7H2,1-3H3,(H2,18,22). The number of primary amides is 1. The molecule has 0 atom stereocenters. The molecule has 0 unspecified atom stereocenters. The third kappa shape index (κ3) is 4.82. The summed E-state index contributed by atoms with van der Waals surface area (Å²) >= 11 is 6.00. The van der Waals surface area contributed by atoms with Gasteiger partial charge in [0.1, 0.15) is 16.6 Å². The largest absolute Gasteiger partial charge is 0.443 e. The second-order valence-electron chi connectivity index (χ2n) is 6.73. The highest BCUT2D eigenvalue weighted by Gasteiger charge is 2.32. The molecule has 7 nitrogen and oxygen atoms in total. The van der Waals surface area contributed by atoms with Gasteiger partial charge in [-0.15, -0.1) is 0 Å². The fourth-order valence-electron chi connectivity index (χ4n) is 2.55. The molecule has 2 heterocycles. The Hall–Kier alpha value is -1.86. The molecule has 0 radical (unpaired) electrons. The molecule has 0 bridgehead atoms. The van der Waals surface area contributed by atoms with Crippen molar-refractivity contribution in [3.8, 4) is 0 Å². The lowest BCUT2D eigenvalue weighted by atomic mass is 10.0. The first-order valence-corrected chi connectivity index (χ1v) is 8.25. The predicted octanol–water partition coefficient (Wildman–Crippen LogP) is 2.33. The van der Waals surface area contributed by atoms with Crippen molar-refractivity contribution in [3.63, 3.8) is 0 Å². The zero-order valence-corrected chi connectivity index (χ0v) is 14.9. The van der Waals surface area contributed by atoms with Crippen LogP contribution < -0.4 is 16.0 Å². The number of nitrogens with one attached hydrogen (secondary N) is 1. The lowest BCUT2D eigenvalue weighted by molar-refractivity contribution is 0.0557. The zero-order chi connectivity index (χ0) is 17.9. The summed E-state index contributed by atoms with van der Waals surface area (Å²) in [5.41, 5.74) is 4.89. The lowest BCUT2D eigenvalue weighted by Gasteiger charge is -2.35. The maximum Gasteiger partial charge on any atom is 0.416 e. The number of carbonyl (C=O) groups excluding carboxylic acids is 2. The number of piperidine rings is 1. The van der Waals surface area contributed by atoms with Crippen molar-refractivity contribution in [2.75, 3.05) is 18.0 Å². The highest BCUT2D eigenvalue weighted by Crippen LogP contribution is 2.25. The minimum atomic E-state index is -0.645. The van der Waals surface area contributed by atoms with E-state index in [0.29, 0.717) is 0 Å². The van der Waals surface area contributed by atoms with Crippen LogP contribution in [0.2, 0.25) is 5.15 Å². The molecule has 2 amide bonds. The van der Waals surface area contributed by atoms with Crippen LogP contribution in [-0.2, 0) is 4.74 Å². The fraction of sp³-hybridized carbons (Fsp3) is 0.562. The topological polar surface area (TPSA) is 97.5 Å². The Kier molecular flexibility index (Phi) is 5.66. The average molecular weight is 355 g/mol. The maximum absolute atomic E-state index is 12.7. The summed E-state index contributed by atoms with van der Waals surface area (Å²) in [4.78, 5) is 29.9. The van der Waals surface area contributed by atoms with Crippen LogP contribution in [0.4, 0.5) is 10.6 Å². The third-order valence-corrected chi connectivity index (χ3v) is 3.77. The van der Waals surface area contributed by atoms with Crippen LogP contribution >= 0.6 is 11.6 Å². The molecule has 1 fully saturated rings. The lowest BCUT2D eigenvalue weighted by Crippen LogP contribution is -2.48. The van der Waals surface area contributed by atoms with Gasteiger partial charge >= 0.3 is 6.09 Å². The Morgan fingerprint density at radius 1 is 1.33 bits per heavy atom. The number of halogens is 1. The Morgan fingerprint density at radius 2 is 1.96 bits per heavy atom. The minimum absolute atomic E-state index is 0.0900. The highest BCUT2D eigenvalue weighted by molar-refractivity contribution is 6.30. The second-order valence-corrected chi connectivity index (χ2v) is 7.12. The van der Waals surface area contributed by atoms with Crippen LogP contribution in [0.1, 0.15) is 44.0 Å². The van der Waals surface area contributed by atoms with Crippen LogP contribution in [0.5, 0.6) is 0 Å². The second kappa shape index (κ2) is 7.36. The number of nitrogens with zero attached hydrogens (tertiary/aromatic N) is 2. The number of hydrogen-bond donors (Lipinski definition) is 2. The molecule has 1 aliphatic rings. The maximum atomic E-state index is 12.7. The van der Waals surface area contributed by atoms with Gasteiger partial charge in [0.25, 0.3) is 0 Å². The molecule has 0 saturated carbocycles. The highest BCUT2D eigenvalue weighted by atomic mass is 35.5. The number of hydrogen-bond acceptors (Lipinski definition) is 5.